The molecule has 0 bridgehead atoms. The van der Waals surface area contributed by atoms with E-state index in [1.807, 2.05) is 0 Å². The number of allylic oxidation sites excluding steroid dienone is 4. The second kappa shape index (κ2) is 3.83. The fraction of sp³-hybridized carbons (Fsp3) is 0.0526. The standard InChI is InChI=1S/C19H14/c1-13-10-11-17-16-9-5-4-8-15(16)12-18(17)19(13)14-6-2-3-7-14/h2-6,8-12H,1,7H2. The molecule has 0 nitrogen and oxygen atoms in total. The molecule has 0 radical (unpaired) electrons. The van der Waals surface area contributed by atoms with Gasteiger partial charge in [-0.05, 0) is 50.1 Å². The van der Waals surface area contributed by atoms with Gasteiger partial charge in [-0.1, -0.05) is 61.2 Å². The smallest absolute Gasteiger partial charge is 0.00757 e. The monoisotopic (exact) mass is 242 g/mol. The lowest BCUT2D eigenvalue weighted by Crippen LogP contribution is -2.08. The summed E-state index contributed by atoms with van der Waals surface area (Å²) in [5, 5.41) is 5.12. The van der Waals surface area contributed by atoms with E-state index in [1.165, 1.54) is 32.4 Å². The van der Waals surface area contributed by atoms with Crippen molar-refractivity contribution in [2.75, 3.05) is 0 Å². The van der Waals surface area contributed by atoms with Crippen LogP contribution >= 0.6 is 0 Å². The van der Waals surface area contributed by atoms with Gasteiger partial charge in [-0.3, -0.25) is 0 Å². The first-order valence-electron chi connectivity index (χ1n) is 6.64. The molecular formula is C19H14. The third kappa shape index (κ3) is 1.47. The molecule has 0 heteroatoms. The quantitative estimate of drug-likeness (QED) is 0.615. The Kier molecular flexibility index (Phi) is 2.13. The highest BCUT2D eigenvalue weighted by molar-refractivity contribution is 5.79. The minimum Gasteiger partial charge on any atom is -0.0911 e. The van der Waals surface area contributed by atoms with Gasteiger partial charge in [0.05, 0.1) is 0 Å². The van der Waals surface area contributed by atoms with Crippen LogP contribution in [0.25, 0.3) is 18.2 Å². The molecule has 0 aliphatic heterocycles. The second-order valence-corrected chi connectivity index (χ2v) is 5.12. The molecule has 2 aromatic carbocycles. The third-order valence-electron chi connectivity index (χ3n) is 3.97. The Hall–Kier alpha value is -2.34. The predicted octanol–water partition coefficient (Wildman–Crippen LogP) is 2.87. The Morgan fingerprint density at radius 3 is 2.68 bits per heavy atom. The van der Waals surface area contributed by atoms with Crippen LogP contribution in [0, 0.1) is 10.4 Å². The Bertz CT molecular complexity index is 941. The fourth-order valence-electron chi connectivity index (χ4n) is 3.08. The van der Waals surface area contributed by atoms with Crippen molar-refractivity contribution in [1.82, 2.24) is 0 Å². The molecule has 2 aromatic rings. The van der Waals surface area contributed by atoms with Crippen LogP contribution < -0.4 is 10.4 Å². The van der Waals surface area contributed by atoms with Crippen molar-refractivity contribution < 1.29 is 0 Å². The van der Waals surface area contributed by atoms with Crippen molar-refractivity contribution in [1.29, 1.82) is 0 Å². The zero-order valence-electron chi connectivity index (χ0n) is 10.7. The van der Waals surface area contributed by atoms with Crippen molar-refractivity contribution in [3.8, 4) is 0 Å². The maximum Gasteiger partial charge on any atom is -0.00757 e. The van der Waals surface area contributed by atoms with Crippen molar-refractivity contribution in [2.45, 2.75) is 6.42 Å². The first-order valence-corrected chi connectivity index (χ1v) is 6.64. The first-order chi connectivity index (χ1) is 9.34. The van der Waals surface area contributed by atoms with Gasteiger partial charge in [-0.2, -0.15) is 0 Å². The molecule has 4 rings (SSSR count). The molecule has 0 amide bonds. The maximum atomic E-state index is 4.22. The lowest BCUT2D eigenvalue weighted by Gasteiger charge is -2.07. The molecule has 0 heterocycles. The van der Waals surface area contributed by atoms with E-state index in [2.05, 4.69) is 67.3 Å². The minimum absolute atomic E-state index is 1.02. The van der Waals surface area contributed by atoms with Crippen molar-refractivity contribution >= 4 is 18.2 Å². The van der Waals surface area contributed by atoms with Gasteiger partial charge >= 0.3 is 0 Å². The van der Waals surface area contributed by atoms with Gasteiger partial charge in [0.15, 0.2) is 0 Å². The number of hydrogen-bond donors (Lipinski definition) is 0. The molecule has 90 valence electrons. The molecule has 0 saturated carbocycles. The lowest BCUT2D eigenvalue weighted by atomic mass is 9.96. The van der Waals surface area contributed by atoms with Crippen LogP contribution in [0.2, 0.25) is 0 Å². The van der Waals surface area contributed by atoms with Crippen molar-refractivity contribution in [3.63, 3.8) is 0 Å². The summed E-state index contributed by atoms with van der Waals surface area (Å²) in [7, 11) is 0. The molecule has 2 aliphatic rings. The van der Waals surface area contributed by atoms with Crippen LogP contribution in [0.1, 0.15) is 17.5 Å². The summed E-state index contributed by atoms with van der Waals surface area (Å²) >= 11 is 0. The number of hydrogen-bond acceptors (Lipinski definition) is 0. The van der Waals surface area contributed by atoms with Crippen LogP contribution in [0.15, 0.2) is 54.6 Å². The maximum absolute atomic E-state index is 4.22. The summed E-state index contributed by atoms with van der Waals surface area (Å²) in [6.45, 7) is 4.22. The largest absolute Gasteiger partial charge is 0.0911 e. The van der Waals surface area contributed by atoms with Crippen LogP contribution in [-0.2, 0) is 0 Å². The summed E-state index contributed by atoms with van der Waals surface area (Å²) in [5.41, 5.74) is 4.04. The average molecular weight is 242 g/mol. The van der Waals surface area contributed by atoms with Gasteiger partial charge in [-0.15, -0.1) is 0 Å². The van der Waals surface area contributed by atoms with Gasteiger partial charge in [0, 0.05) is 0 Å². The van der Waals surface area contributed by atoms with Gasteiger partial charge in [0.25, 0.3) is 0 Å². The van der Waals surface area contributed by atoms with E-state index in [-0.39, 0.29) is 0 Å². The zero-order chi connectivity index (χ0) is 12.8. The Morgan fingerprint density at radius 1 is 0.947 bits per heavy atom. The highest BCUT2D eigenvalue weighted by atomic mass is 14.2. The highest BCUT2D eigenvalue weighted by Gasteiger charge is 2.12. The van der Waals surface area contributed by atoms with E-state index < -0.39 is 0 Å². The van der Waals surface area contributed by atoms with E-state index in [0.717, 1.165) is 11.6 Å². The molecular weight excluding hydrogens is 228 g/mol. The van der Waals surface area contributed by atoms with E-state index in [4.69, 9.17) is 0 Å². The summed E-state index contributed by atoms with van der Waals surface area (Å²) in [4.78, 5) is 0. The number of benzene rings is 2. The number of rotatable bonds is 1. The normalized spacial score (nSPS) is 14.8. The Labute approximate surface area is 112 Å². The highest BCUT2D eigenvalue weighted by Crippen LogP contribution is 2.25. The molecule has 0 saturated heterocycles. The van der Waals surface area contributed by atoms with Gasteiger partial charge in [0.2, 0.25) is 0 Å². The minimum atomic E-state index is 1.02. The summed E-state index contributed by atoms with van der Waals surface area (Å²) < 4.78 is 0. The van der Waals surface area contributed by atoms with Crippen molar-refractivity contribution in [3.05, 3.63) is 86.6 Å². The molecule has 0 atom stereocenters. The Morgan fingerprint density at radius 2 is 1.84 bits per heavy atom. The van der Waals surface area contributed by atoms with E-state index in [0.29, 0.717) is 0 Å². The van der Waals surface area contributed by atoms with Gasteiger partial charge in [0.1, 0.15) is 0 Å². The summed E-state index contributed by atoms with van der Waals surface area (Å²) in [5.74, 6) is 0. The predicted molar refractivity (Wildman–Crippen MR) is 80.6 cm³/mol. The van der Waals surface area contributed by atoms with Crippen LogP contribution in [0.3, 0.4) is 0 Å². The molecule has 0 unspecified atom stereocenters. The first kappa shape index (κ1) is 10.6. The van der Waals surface area contributed by atoms with Crippen LogP contribution in [0.4, 0.5) is 0 Å². The van der Waals surface area contributed by atoms with Crippen molar-refractivity contribution in [2.24, 2.45) is 0 Å². The second-order valence-electron chi connectivity index (χ2n) is 5.12. The van der Waals surface area contributed by atoms with E-state index in [1.54, 1.807) is 0 Å². The SMILES string of the molecule is C=c1ccc2c(c1C1=CC=CC1)C=c1ccccc1=2. The van der Waals surface area contributed by atoms with Gasteiger partial charge < -0.3 is 0 Å². The fourth-order valence-corrected chi connectivity index (χ4v) is 3.08. The summed E-state index contributed by atoms with van der Waals surface area (Å²) in [6.07, 6.45) is 9.87. The zero-order valence-corrected chi connectivity index (χ0v) is 10.7. The molecule has 0 fully saturated rings. The van der Waals surface area contributed by atoms with E-state index >= 15 is 0 Å². The topological polar surface area (TPSA) is 0 Å². The molecule has 2 aliphatic carbocycles. The molecule has 19 heavy (non-hydrogen) atoms. The molecule has 0 N–H and O–H groups in total. The number of fused-ring (bicyclic) bond motifs is 2. The molecule has 0 spiro atoms. The van der Waals surface area contributed by atoms with E-state index in [9.17, 15) is 0 Å². The van der Waals surface area contributed by atoms with Crippen LogP contribution in [0.5, 0.6) is 0 Å². The lowest BCUT2D eigenvalue weighted by molar-refractivity contribution is 1.37. The van der Waals surface area contributed by atoms with Crippen LogP contribution in [-0.4, -0.2) is 0 Å². The average Bonchev–Trinajstić information content (AvgIpc) is 3.05. The molecule has 0 aromatic heterocycles. The summed E-state index contributed by atoms with van der Waals surface area (Å²) in [6, 6.07) is 12.9. The Balaban J connectivity index is 2.17. The third-order valence-corrected chi connectivity index (χ3v) is 3.97. The van der Waals surface area contributed by atoms with Gasteiger partial charge in [-0.25, -0.2) is 0 Å².